The molecule has 2 amide bonds. The summed E-state index contributed by atoms with van der Waals surface area (Å²) in [4.78, 5) is 31.5. The number of hydrogen-bond acceptors (Lipinski definition) is 5. The molecule has 1 aliphatic rings. The van der Waals surface area contributed by atoms with E-state index < -0.39 is 6.10 Å². The standard InChI is InChI=1S/C19H18N4O4/c24-17(23-19-21-12-5-1-2-6-13(12)22-19)9-10-20-18(25)16-11-26-14-7-3-4-8-15(14)27-16/h1-8,16H,9-11H2,(H,20,25)(H2,21,22,23,24)/t16-/m0/s1. The van der Waals surface area contributed by atoms with Crippen LogP contribution in [0.3, 0.4) is 0 Å². The molecule has 8 heteroatoms. The summed E-state index contributed by atoms with van der Waals surface area (Å²) in [7, 11) is 0. The fourth-order valence-electron chi connectivity index (χ4n) is 2.77. The van der Waals surface area contributed by atoms with E-state index in [2.05, 4.69) is 20.6 Å². The molecule has 27 heavy (non-hydrogen) atoms. The first-order valence-electron chi connectivity index (χ1n) is 8.60. The number of rotatable bonds is 5. The van der Waals surface area contributed by atoms with Gasteiger partial charge in [0.2, 0.25) is 18.0 Å². The van der Waals surface area contributed by atoms with E-state index in [1.807, 2.05) is 36.4 Å². The van der Waals surface area contributed by atoms with Crippen molar-refractivity contribution in [2.75, 3.05) is 18.5 Å². The van der Waals surface area contributed by atoms with E-state index in [-0.39, 0.29) is 31.4 Å². The number of nitrogens with one attached hydrogen (secondary N) is 3. The van der Waals surface area contributed by atoms with E-state index in [0.29, 0.717) is 17.4 Å². The number of imidazole rings is 1. The monoisotopic (exact) mass is 366 g/mol. The van der Waals surface area contributed by atoms with Gasteiger partial charge in [0.15, 0.2) is 11.5 Å². The number of anilines is 1. The van der Waals surface area contributed by atoms with Gasteiger partial charge in [-0.1, -0.05) is 24.3 Å². The molecule has 2 heterocycles. The zero-order valence-corrected chi connectivity index (χ0v) is 14.4. The number of nitrogens with zero attached hydrogens (tertiary/aromatic N) is 1. The molecular weight excluding hydrogens is 348 g/mol. The smallest absolute Gasteiger partial charge is 0.264 e. The van der Waals surface area contributed by atoms with Crippen molar-refractivity contribution < 1.29 is 19.1 Å². The summed E-state index contributed by atoms with van der Waals surface area (Å²) >= 11 is 0. The van der Waals surface area contributed by atoms with E-state index >= 15 is 0 Å². The van der Waals surface area contributed by atoms with Crippen LogP contribution < -0.4 is 20.1 Å². The molecular formula is C19H18N4O4. The van der Waals surface area contributed by atoms with Gasteiger partial charge < -0.3 is 19.8 Å². The van der Waals surface area contributed by atoms with Gasteiger partial charge >= 0.3 is 0 Å². The van der Waals surface area contributed by atoms with Crippen LogP contribution in [0.25, 0.3) is 11.0 Å². The highest BCUT2D eigenvalue weighted by atomic mass is 16.6. The lowest BCUT2D eigenvalue weighted by Crippen LogP contribution is -2.44. The topological polar surface area (TPSA) is 105 Å². The van der Waals surface area contributed by atoms with Crippen LogP contribution in [0, 0.1) is 0 Å². The van der Waals surface area contributed by atoms with Crippen molar-refractivity contribution in [3.05, 3.63) is 48.5 Å². The summed E-state index contributed by atoms with van der Waals surface area (Å²) < 4.78 is 11.1. The van der Waals surface area contributed by atoms with Crippen molar-refractivity contribution in [1.82, 2.24) is 15.3 Å². The zero-order chi connectivity index (χ0) is 18.6. The number of aromatic nitrogens is 2. The maximum atomic E-state index is 12.2. The lowest BCUT2D eigenvalue weighted by atomic mass is 10.2. The Morgan fingerprint density at radius 2 is 1.89 bits per heavy atom. The molecule has 3 aromatic rings. The molecule has 8 nitrogen and oxygen atoms in total. The number of carbonyl (C=O) groups is 2. The molecule has 1 atom stereocenters. The maximum absolute atomic E-state index is 12.2. The Morgan fingerprint density at radius 3 is 2.74 bits per heavy atom. The molecule has 0 aliphatic carbocycles. The largest absolute Gasteiger partial charge is 0.485 e. The lowest BCUT2D eigenvalue weighted by Gasteiger charge is -2.25. The first-order chi connectivity index (χ1) is 13.2. The fraction of sp³-hybridized carbons (Fsp3) is 0.211. The summed E-state index contributed by atoms with van der Waals surface area (Å²) in [6.07, 6.45) is -0.620. The minimum atomic E-state index is -0.738. The number of para-hydroxylation sites is 4. The van der Waals surface area contributed by atoms with Crippen LogP contribution in [-0.2, 0) is 9.59 Å². The van der Waals surface area contributed by atoms with Crippen LogP contribution in [0.4, 0.5) is 5.95 Å². The summed E-state index contributed by atoms with van der Waals surface area (Å²) in [5.41, 5.74) is 1.62. The summed E-state index contributed by atoms with van der Waals surface area (Å²) in [6, 6.07) is 14.7. The number of H-pyrrole nitrogens is 1. The Labute approximate surface area is 154 Å². The van der Waals surface area contributed by atoms with Crippen LogP contribution in [0.1, 0.15) is 6.42 Å². The Morgan fingerprint density at radius 1 is 1.11 bits per heavy atom. The van der Waals surface area contributed by atoms with Gasteiger partial charge in [0.05, 0.1) is 11.0 Å². The summed E-state index contributed by atoms with van der Waals surface area (Å²) in [5.74, 6) is 0.966. The van der Waals surface area contributed by atoms with E-state index in [1.54, 1.807) is 12.1 Å². The average Bonchev–Trinajstić information content (AvgIpc) is 3.09. The van der Waals surface area contributed by atoms with Gasteiger partial charge in [0.25, 0.3) is 5.91 Å². The SMILES string of the molecule is O=C(CCNC(=O)[C@@H]1COc2ccccc2O1)Nc1nc2ccccc2[nH]1. The fourth-order valence-corrected chi connectivity index (χ4v) is 2.77. The molecule has 138 valence electrons. The van der Waals surface area contributed by atoms with Gasteiger partial charge in [0.1, 0.15) is 6.61 Å². The second-order valence-electron chi connectivity index (χ2n) is 6.06. The quantitative estimate of drug-likeness (QED) is 0.639. The van der Waals surface area contributed by atoms with E-state index in [1.165, 1.54) is 0 Å². The van der Waals surface area contributed by atoms with Crippen molar-refractivity contribution in [3.8, 4) is 11.5 Å². The number of hydrogen-bond donors (Lipinski definition) is 3. The Hall–Kier alpha value is -3.55. The zero-order valence-electron chi connectivity index (χ0n) is 14.4. The van der Waals surface area contributed by atoms with Crippen LogP contribution in [0.15, 0.2) is 48.5 Å². The van der Waals surface area contributed by atoms with Gasteiger partial charge in [-0.15, -0.1) is 0 Å². The highest BCUT2D eigenvalue weighted by molar-refractivity contribution is 5.91. The van der Waals surface area contributed by atoms with Crippen molar-refractivity contribution in [2.24, 2.45) is 0 Å². The third-order valence-electron chi connectivity index (χ3n) is 4.10. The Bertz CT molecular complexity index is 952. The third kappa shape index (κ3) is 3.84. The van der Waals surface area contributed by atoms with Gasteiger partial charge in [-0.2, -0.15) is 0 Å². The third-order valence-corrected chi connectivity index (χ3v) is 4.10. The number of carbonyl (C=O) groups excluding carboxylic acids is 2. The summed E-state index contributed by atoms with van der Waals surface area (Å²) in [5, 5.41) is 5.38. The van der Waals surface area contributed by atoms with Crippen LogP contribution >= 0.6 is 0 Å². The van der Waals surface area contributed by atoms with Crippen molar-refractivity contribution in [3.63, 3.8) is 0 Å². The van der Waals surface area contributed by atoms with Gasteiger partial charge in [0, 0.05) is 13.0 Å². The molecule has 0 spiro atoms. The highest BCUT2D eigenvalue weighted by Crippen LogP contribution is 2.30. The molecule has 0 fully saturated rings. The molecule has 0 saturated carbocycles. The molecule has 4 rings (SSSR count). The molecule has 0 bridgehead atoms. The van der Waals surface area contributed by atoms with Crippen LogP contribution in [-0.4, -0.2) is 41.0 Å². The van der Waals surface area contributed by atoms with E-state index in [9.17, 15) is 9.59 Å². The van der Waals surface area contributed by atoms with Crippen molar-refractivity contribution >= 4 is 28.8 Å². The first kappa shape index (κ1) is 16.9. The Kier molecular flexibility index (Phi) is 4.61. The molecule has 3 N–H and O–H groups in total. The minimum absolute atomic E-state index is 0.118. The first-order valence-corrected chi connectivity index (χ1v) is 8.60. The number of amides is 2. The molecule has 0 unspecified atom stereocenters. The second-order valence-corrected chi connectivity index (χ2v) is 6.06. The number of aromatic amines is 1. The van der Waals surface area contributed by atoms with Crippen LogP contribution in [0.2, 0.25) is 0 Å². The predicted octanol–water partition coefficient (Wildman–Crippen LogP) is 1.85. The van der Waals surface area contributed by atoms with E-state index in [0.717, 1.165) is 11.0 Å². The molecule has 1 aromatic heterocycles. The molecule has 1 aliphatic heterocycles. The average molecular weight is 366 g/mol. The maximum Gasteiger partial charge on any atom is 0.264 e. The number of benzene rings is 2. The van der Waals surface area contributed by atoms with Crippen molar-refractivity contribution in [1.29, 1.82) is 0 Å². The Balaban J connectivity index is 1.24. The highest BCUT2D eigenvalue weighted by Gasteiger charge is 2.27. The van der Waals surface area contributed by atoms with Crippen LogP contribution in [0.5, 0.6) is 11.5 Å². The lowest BCUT2D eigenvalue weighted by molar-refractivity contribution is -0.130. The van der Waals surface area contributed by atoms with Gasteiger partial charge in [-0.3, -0.25) is 14.9 Å². The molecule has 0 radical (unpaired) electrons. The predicted molar refractivity (Wildman–Crippen MR) is 98.7 cm³/mol. The normalized spacial score (nSPS) is 15.3. The number of ether oxygens (including phenoxy) is 2. The second kappa shape index (κ2) is 7.36. The number of fused-ring (bicyclic) bond motifs is 2. The molecule has 0 saturated heterocycles. The minimum Gasteiger partial charge on any atom is -0.485 e. The summed E-state index contributed by atoms with van der Waals surface area (Å²) in [6.45, 7) is 0.320. The molecule has 2 aromatic carbocycles. The van der Waals surface area contributed by atoms with Gasteiger partial charge in [-0.25, -0.2) is 4.98 Å². The van der Waals surface area contributed by atoms with Gasteiger partial charge in [-0.05, 0) is 24.3 Å². The van der Waals surface area contributed by atoms with E-state index in [4.69, 9.17) is 9.47 Å². The van der Waals surface area contributed by atoms with Crippen molar-refractivity contribution in [2.45, 2.75) is 12.5 Å².